The Bertz CT molecular complexity index is 443. The van der Waals surface area contributed by atoms with E-state index in [2.05, 4.69) is 0 Å². The number of para-hydroxylation sites is 1. The number of carbonyl (C=O) groups is 1. The SMILES string of the molecule is O=C(C[N+](=O)[O-])Oc1cccc2c1OCC2. The van der Waals surface area contributed by atoms with E-state index in [-0.39, 0.29) is 5.75 Å². The second-order valence-electron chi connectivity index (χ2n) is 3.31. The third kappa shape index (κ3) is 2.10. The fourth-order valence-electron chi connectivity index (χ4n) is 1.53. The summed E-state index contributed by atoms with van der Waals surface area (Å²) in [7, 11) is 0. The molecule has 0 atom stereocenters. The predicted molar refractivity (Wildman–Crippen MR) is 53.1 cm³/mol. The van der Waals surface area contributed by atoms with Crippen LogP contribution in [0.15, 0.2) is 18.2 Å². The fourth-order valence-corrected chi connectivity index (χ4v) is 1.53. The third-order valence-electron chi connectivity index (χ3n) is 2.16. The molecule has 1 aliphatic heterocycles. The van der Waals surface area contributed by atoms with Crippen LogP contribution in [0.3, 0.4) is 0 Å². The molecule has 0 N–H and O–H groups in total. The highest BCUT2D eigenvalue weighted by molar-refractivity contribution is 5.74. The molecule has 0 radical (unpaired) electrons. The zero-order valence-corrected chi connectivity index (χ0v) is 8.34. The van der Waals surface area contributed by atoms with Gasteiger partial charge < -0.3 is 9.47 Å². The first-order chi connectivity index (χ1) is 7.66. The van der Waals surface area contributed by atoms with Gasteiger partial charge in [0.15, 0.2) is 11.5 Å². The summed E-state index contributed by atoms with van der Waals surface area (Å²) in [5, 5.41) is 10.1. The Hall–Kier alpha value is -2.11. The highest BCUT2D eigenvalue weighted by Gasteiger charge is 2.20. The first kappa shape index (κ1) is 10.4. The van der Waals surface area contributed by atoms with Crippen LogP contribution in [0.2, 0.25) is 0 Å². The van der Waals surface area contributed by atoms with Gasteiger partial charge >= 0.3 is 5.97 Å². The molecule has 16 heavy (non-hydrogen) atoms. The first-order valence-electron chi connectivity index (χ1n) is 4.74. The number of nitro groups is 1. The summed E-state index contributed by atoms with van der Waals surface area (Å²) >= 11 is 0. The minimum absolute atomic E-state index is 0.252. The lowest BCUT2D eigenvalue weighted by molar-refractivity contribution is -0.469. The number of hydrogen-bond acceptors (Lipinski definition) is 5. The molecule has 0 spiro atoms. The van der Waals surface area contributed by atoms with E-state index in [1.54, 1.807) is 12.1 Å². The molecule has 2 rings (SSSR count). The van der Waals surface area contributed by atoms with E-state index >= 15 is 0 Å². The average Bonchev–Trinajstić information content (AvgIpc) is 2.65. The maximum Gasteiger partial charge on any atom is 0.384 e. The van der Waals surface area contributed by atoms with Gasteiger partial charge in [-0.15, -0.1) is 0 Å². The Labute approximate surface area is 90.9 Å². The quantitative estimate of drug-likeness (QED) is 0.328. The highest BCUT2D eigenvalue weighted by atomic mass is 16.6. The van der Waals surface area contributed by atoms with Crippen LogP contribution in [0.4, 0.5) is 0 Å². The van der Waals surface area contributed by atoms with E-state index in [1.807, 2.05) is 6.07 Å². The van der Waals surface area contributed by atoms with Crippen LogP contribution < -0.4 is 9.47 Å². The summed E-state index contributed by atoms with van der Waals surface area (Å²) in [5.41, 5.74) is 0.950. The summed E-state index contributed by atoms with van der Waals surface area (Å²) in [5.74, 6) is -0.130. The number of fused-ring (bicyclic) bond motifs is 1. The number of ether oxygens (including phenoxy) is 2. The van der Waals surface area contributed by atoms with E-state index in [0.717, 1.165) is 12.0 Å². The van der Waals surface area contributed by atoms with Gasteiger partial charge in [-0.2, -0.15) is 0 Å². The van der Waals surface area contributed by atoms with Gasteiger partial charge in [-0.05, 0) is 6.07 Å². The van der Waals surface area contributed by atoms with Crippen molar-refractivity contribution in [1.29, 1.82) is 0 Å². The fraction of sp³-hybridized carbons (Fsp3) is 0.300. The molecular weight excluding hydrogens is 214 g/mol. The van der Waals surface area contributed by atoms with Crippen LogP contribution >= 0.6 is 0 Å². The van der Waals surface area contributed by atoms with Crippen LogP contribution in [-0.2, 0) is 11.2 Å². The van der Waals surface area contributed by atoms with Gasteiger partial charge in [0.2, 0.25) is 0 Å². The van der Waals surface area contributed by atoms with Gasteiger partial charge in [0, 0.05) is 16.9 Å². The Kier molecular flexibility index (Phi) is 2.72. The largest absolute Gasteiger partial charge is 0.489 e. The van der Waals surface area contributed by atoms with E-state index in [0.29, 0.717) is 12.4 Å². The zero-order chi connectivity index (χ0) is 11.5. The molecule has 6 heteroatoms. The Balaban J connectivity index is 2.13. The molecule has 0 fully saturated rings. The lowest BCUT2D eigenvalue weighted by Gasteiger charge is -2.06. The topological polar surface area (TPSA) is 78.7 Å². The van der Waals surface area contributed by atoms with Gasteiger partial charge in [0.1, 0.15) is 0 Å². The van der Waals surface area contributed by atoms with Crippen LogP contribution in [0.25, 0.3) is 0 Å². The van der Waals surface area contributed by atoms with Crippen LogP contribution in [0.5, 0.6) is 11.5 Å². The zero-order valence-electron chi connectivity index (χ0n) is 8.34. The van der Waals surface area contributed by atoms with Crippen molar-refractivity contribution in [2.75, 3.05) is 13.2 Å². The molecule has 1 aliphatic rings. The number of rotatable bonds is 3. The van der Waals surface area contributed by atoms with Crippen molar-refractivity contribution in [1.82, 2.24) is 0 Å². The maximum atomic E-state index is 11.1. The molecular formula is C10H9NO5. The van der Waals surface area contributed by atoms with Crippen molar-refractivity contribution >= 4 is 5.97 Å². The van der Waals surface area contributed by atoms with Crippen molar-refractivity contribution < 1.29 is 19.2 Å². The standard InChI is InChI=1S/C10H9NO5/c12-9(6-11(13)14)16-8-3-1-2-7-4-5-15-10(7)8/h1-3H,4-6H2. The molecule has 0 saturated heterocycles. The van der Waals surface area contributed by atoms with Crippen molar-refractivity contribution in [3.8, 4) is 11.5 Å². The van der Waals surface area contributed by atoms with Gasteiger partial charge in [-0.1, -0.05) is 12.1 Å². The molecule has 84 valence electrons. The van der Waals surface area contributed by atoms with E-state index in [4.69, 9.17) is 9.47 Å². The Morgan fingerprint density at radius 3 is 3.12 bits per heavy atom. The number of esters is 1. The van der Waals surface area contributed by atoms with E-state index < -0.39 is 17.4 Å². The molecule has 0 saturated carbocycles. The van der Waals surface area contributed by atoms with Gasteiger partial charge in [-0.25, -0.2) is 4.79 Å². The van der Waals surface area contributed by atoms with Crippen molar-refractivity contribution in [3.63, 3.8) is 0 Å². The molecule has 0 unspecified atom stereocenters. The lowest BCUT2D eigenvalue weighted by atomic mass is 10.1. The summed E-state index contributed by atoms with van der Waals surface area (Å²) in [6, 6.07) is 5.15. The summed E-state index contributed by atoms with van der Waals surface area (Å²) < 4.78 is 10.2. The smallest absolute Gasteiger partial charge is 0.384 e. The number of benzene rings is 1. The molecule has 1 aromatic rings. The summed E-state index contributed by atoms with van der Waals surface area (Å²) in [6.07, 6.45) is 0.760. The van der Waals surface area contributed by atoms with Crippen LogP contribution in [0.1, 0.15) is 5.56 Å². The van der Waals surface area contributed by atoms with E-state index in [9.17, 15) is 14.9 Å². The number of hydrogen-bond donors (Lipinski definition) is 0. The summed E-state index contributed by atoms with van der Waals surface area (Å²) in [4.78, 5) is 20.5. The molecule has 0 amide bonds. The molecule has 0 bridgehead atoms. The molecule has 0 aromatic heterocycles. The van der Waals surface area contributed by atoms with Gasteiger partial charge in [0.05, 0.1) is 6.61 Å². The normalized spacial score (nSPS) is 12.8. The maximum absolute atomic E-state index is 11.1. The van der Waals surface area contributed by atoms with Crippen molar-refractivity contribution in [2.24, 2.45) is 0 Å². The Morgan fingerprint density at radius 2 is 2.38 bits per heavy atom. The molecule has 1 aromatic carbocycles. The van der Waals surface area contributed by atoms with Crippen LogP contribution in [-0.4, -0.2) is 24.0 Å². The second kappa shape index (κ2) is 4.18. The Morgan fingerprint density at radius 1 is 1.56 bits per heavy atom. The van der Waals surface area contributed by atoms with Crippen molar-refractivity contribution in [2.45, 2.75) is 6.42 Å². The monoisotopic (exact) mass is 223 g/mol. The minimum Gasteiger partial charge on any atom is -0.489 e. The number of carbonyl (C=O) groups excluding carboxylic acids is 1. The van der Waals surface area contributed by atoms with E-state index in [1.165, 1.54) is 0 Å². The van der Waals surface area contributed by atoms with Gasteiger partial charge in [-0.3, -0.25) is 10.1 Å². The van der Waals surface area contributed by atoms with Crippen molar-refractivity contribution in [3.05, 3.63) is 33.9 Å². The number of nitrogens with zero attached hydrogens (tertiary/aromatic N) is 1. The average molecular weight is 223 g/mol. The van der Waals surface area contributed by atoms with Gasteiger partial charge in [0.25, 0.3) is 6.54 Å². The highest BCUT2D eigenvalue weighted by Crippen LogP contribution is 2.35. The van der Waals surface area contributed by atoms with Crippen LogP contribution in [0, 0.1) is 10.1 Å². The minimum atomic E-state index is -0.895. The molecule has 0 aliphatic carbocycles. The molecule has 1 heterocycles. The lowest BCUT2D eigenvalue weighted by Crippen LogP contribution is -2.19. The predicted octanol–water partition coefficient (Wildman–Crippen LogP) is 0.804. The summed E-state index contributed by atoms with van der Waals surface area (Å²) in [6.45, 7) is -0.303. The first-order valence-corrected chi connectivity index (χ1v) is 4.74. The molecule has 6 nitrogen and oxygen atoms in total. The second-order valence-corrected chi connectivity index (χ2v) is 3.31. The third-order valence-corrected chi connectivity index (χ3v) is 2.16.